The number of rotatable bonds is 3. The summed E-state index contributed by atoms with van der Waals surface area (Å²) in [7, 11) is 0. The van der Waals surface area contributed by atoms with E-state index in [4.69, 9.17) is 0 Å². The third kappa shape index (κ3) is 4.40. The average molecular weight is 248 g/mol. The zero-order chi connectivity index (χ0) is 13.9. The highest BCUT2D eigenvalue weighted by Crippen LogP contribution is 2.15. The molecule has 1 aromatic carbocycles. The van der Waals surface area contributed by atoms with E-state index in [1.54, 1.807) is 0 Å². The van der Waals surface area contributed by atoms with Crippen LogP contribution in [0, 0.1) is 13.8 Å². The molecule has 2 N–H and O–H groups in total. The Kier molecular flexibility index (Phi) is 4.38. The van der Waals surface area contributed by atoms with Gasteiger partial charge < -0.3 is 10.6 Å². The van der Waals surface area contributed by atoms with Crippen molar-refractivity contribution in [1.82, 2.24) is 5.32 Å². The molecule has 0 heterocycles. The maximum Gasteiger partial charge on any atom is 0.242 e. The predicted octanol–water partition coefficient (Wildman–Crippen LogP) is 3.02. The van der Waals surface area contributed by atoms with Crippen LogP contribution in [0.25, 0.3) is 0 Å². The Morgan fingerprint density at radius 3 is 2.28 bits per heavy atom. The topological polar surface area (TPSA) is 41.1 Å². The molecule has 0 aliphatic carbocycles. The van der Waals surface area contributed by atoms with E-state index < -0.39 is 0 Å². The maximum atomic E-state index is 11.9. The van der Waals surface area contributed by atoms with Crippen molar-refractivity contribution in [2.45, 2.75) is 53.1 Å². The van der Waals surface area contributed by atoms with Gasteiger partial charge in [0.05, 0.1) is 0 Å². The lowest BCUT2D eigenvalue weighted by molar-refractivity contribution is -0.122. The molecule has 3 heteroatoms. The van der Waals surface area contributed by atoms with Crippen molar-refractivity contribution in [1.29, 1.82) is 0 Å². The van der Waals surface area contributed by atoms with Crippen LogP contribution >= 0.6 is 0 Å². The first-order valence-electron chi connectivity index (χ1n) is 6.35. The maximum absolute atomic E-state index is 11.9. The molecule has 1 rings (SSSR count). The molecule has 1 amide bonds. The molecular weight excluding hydrogens is 224 g/mol. The Hall–Kier alpha value is -1.51. The molecular formula is C15H24N2O. The normalized spacial score (nSPS) is 13.0. The summed E-state index contributed by atoms with van der Waals surface area (Å²) in [6.07, 6.45) is 0. The minimum Gasteiger partial charge on any atom is -0.374 e. The van der Waals surface area contributed by atoms with Gasteiger partial charge in [0.25, 0.3) is 0 Å². The highest BCUT2D eigenvalue weighted by atomic mass is 16.2. The van der Waals surface area contributed by atoms with Gasteiger partial charge in [-0.25, -0.2) is 0 Å². The predicted molar refractivity (Wildman–Crippen MR) is 76.9 cm³/mol. The SMILES string of the molecule is Cc1ccc(N[C@H](C)C(=O)NC(C)(C)C)cc1C. The van der Waals surface area contributed by atoms with Crippen LogP contribution in [0.3, 0.4) is 0 Å². The van der Waals surface area contributed by atoms with Gasteiger partial charge in [-0.2, -0.15) is 0 Å². The fourth-order valence-electron chi connectivity index (χ4n) is 1.62. The summed E-state index contributed by atoms with van der Waals surface area (Å²) in [5.74, 6) is 0.0146. The van der Waals surface area contributed by atoms with E-state index in [2.05, 4.69) is 36.6 Å². The van der Waals surface area contributed by atoms with Gasteiger partial charge in [0.15, 0.2) is 0 Å². The second-order valence-corrected chi connectivity index (χ2v) is 5.90. The zero-order valence-electron chi connectivity index (χ0n) is 12.2. The Balaban J connectivity index is 2.66. The first kappa shape index (κ1) is 14.6. The van der Waals surface area contributed by atoms with Crippen LogP contribution in [0.1, 0.15) is 38.8 Å². The number of carbonyl (C=O) groups excluding carboxylic acids is 1. The van der Waals surface area contributed by atoms with Gasteiger partial charge in [0.2, 0.25) is 5.91 Å². The third-order valence-corrected chi connectivity index (χ3v) is 2.78. The number of hydrogen-bond donors (Lipinski definition) is 2. The molecule has 100 valence electrons. The summed E-state index contributed by atoms with van der Waals surface area (Å²) in [6, 6.07) is 5.89. The number of nitrogens with one attached hydrogen (secondary N) is 2. The molecule has 0 saturated carbocycles. The molecule has 0 fully saturated rings. The smallest absolute Gasteiger partial charge is 0.242 e. The molecule has 0 bridgehead atoms. The quantitative estimate of drug-likeness (QED) is 0.863. The number of amides is 1. The van der Waals surface area contributed by atoms with Gasteiger partial charge in [-0.05, 0) is 64.8 Å². The van der Waals surface area contributed by atoms with E-state index in [0.29, 0.717) is 0 Å². The zero-order valence-corrected chi connectivity index (χ0v) is 12.2. The van der Waals surface area contributed by atoms with E-state index in [1.807, 2.05) is 33.8 Å². The molecule has 0 saturated heterocycles. The number of aryl methyl sites for hydroxylation is 2. The lowest BCUT2D eigenvalue weighted by Crippen LogP contribution is -2.47. The van der Waals surface area contributed by atoms with E-state index in [1.165, 1.54) is 11.1 Å². The van der Waals surface area contributed by atoms with E-state index in [-0.39, 0.29) is 17.5 Å². The van der Waals surface area contributed by atoms with Crippen molar-refractivity contribution in [2.24, 2.45) is 0 Å². The molecule has 0 radical (unpaired) electrons. The average Bonchev–Trinajstić information content (AvgIpc) is 2.21. The van der Waals surface area contributed by atoms with Gasteiger partial charge in [0.1, 0.15) is 6.04 Å². The second kappa shape index (κ2) is 5.42. The van der Waals surface area contributed by atoms with Gasteiger partial charge in [-0.3, -0.25) is 4.79 Å². The fourth-order valence-corrected chi connectivity index (χ4v) is 1.62. The van der Waals surface area contributed by atoms with Crippen molar-refractivity contribution in [2.75, 3.05) is 5.32 Å². The van der Waals surface area contributed by atoms with Crippen molar-refractivity contribution < 1.29 is 4.79 Å². The number of carbonyl (C=O) groups is 1. The molecule has 18 heavy (non-hydrogen) atoms. The summed E-state index contributed by atoms with van der Waals surface area (Å²) in [5.41, 5.74) is 3.27. The molecule has 1 atom stereocenters. The van der Waals surface area contributed by atoms with E-state index in [0.717, 1.165) is 5.69 Å². The van der Waals surface area contributed by atoms with Crippen LogP contribution in [0.15, 0.2) is 18.2 Å². The monoisotopic (exact) mass is 248 g/mol. The molecule has 0 spiro atoms. The van der Waals surface area contributed by atoms with Crippen molar-refractivity contribution in [3.8, 4) is 0 Å². The largest absolute Gasteiger partial charge is 0.374 e. The molecule has 0 aliphatic rings. The first-order valence-corrected chi connectivity index (χ1v) is 6.35. The Bertz CT molecular complexity index is 433. The number of anilines is 1. The number of benzene rings is 1. The summed E-state index contributed by atoms with van der Waals surface area (Å²) >= 11 is 0. The molecule has 0 unspecified atom stereocenters. The van der Waals surface area contributed by atoms with Crippen LogP contribution in [-0.4, -0.2) is 17.5 Å². The Morgan fingerprint density at radius 1 is 1.17 bits per heavy atom. The highest BCUT2D eigenvalue weighted by molar-refractivity contribution is 5.84. The van der Waals surface area contributed by atoms with Crippen LogP contribution in [-0.2, 0) is 4.79 Å². The number of hydrogen-bond acceptors (Lipinski definition) is 2. The lowest BCUT2D eigenvalue weighted by Gasteiger charge is -2.24. The second-order valence-electron chi connectivity index (χ2n) is 5.90. The molecule has 0 aliphatic heterocycles. The minimum absolute atomic E-state index is 0.0146. The molecule has 3 nitrogen and oxygen atoms in total. The lowest BCUT2D eigenvalue weighted by atomic mass is 10.1. The van der Waals surface area contributed by atoms with Crippen LogP contribution in [0.4, 0.5) is 5.69 Å². The summed E-state index contributed by atoms with van der Waals surface area (Å²) in [6.45, 7) is 12.0. The van der Waals surface area contributed by atoms with Crippen molar-refractivity contribution in [3.05, 3.63) is 29.3 Å². The first-order chi connectivity index (χ1) is 8.19. The van der Waals surface area contributed by atoms with Gasteiger partial charge >= 0.3 is 0 Å². The van der Waals surface area contributed by atoms with Gasteiger partial charge in [0, 0.05) is 11.2 Å². The molecule has 1 aromatic rings. The summed E-state index contributed by atoms with van der Waals surface area (Å²) < 4.78 is 0. The van der Waals surface area contributed by atoms with E-state index >= 15 is 0 Å². The van der Waals surface area contributed by atoms with Crippen LogP contribution < -0.4 is 10.6 Å². The molecule has 0 aromatic heterocycles. The van der Waals surface area contributed by atoms with Crippen molar-refractivity contribution >= 4 is 11.6 Å². The van der Waals surface area contributed by atoms with Gasteiger partial charge in [-0.15, -0.1) is 0 Å². The fraction of sp³-hybridized carbons (Fsp3) is 0.533. The standard InChI is InChI=1S/C15H24N2O/c1-10-7-8-13(9-11(10)2)16-12(3)14(18)17-15(4,5)6/h7-9,12,16H,1-6H3,(H,17,18)/t12-/m1/s1. The van der Waals surface area contributed by atoms with Crippen LogP contribution in [0.5, 0.6) is 0 Å². The minimum atomic E-state index is -0.244. The summed E-state index contributed by atoms with van der Waals surface area (Å²) in [4.78, 5) is 11.9. The highest BCUT2D eigenvalue weighted by Gasteiger charge is 2.18. The van der Waals surface area contributed by atoms with Crippen molar-refractivity contribution in [3.63, 3.8) is 0 Å². The van der Waals surface area contributed by atoms with E-state index in [9.17, 15) is 4.79 Å². The van der Waals surface area contributed by atoms with Gasteiger partial charge in [-0.1, -0.05) is 6.07 Å². The third-order valence-electron chi connectivity index (χ3n) is 2.78. The summed E-state index contributed by atoms with van der Waals surface area (Å²) in [5, 5.41) is 6.18. The Labute approximate surface area is 110 Å². The Morgan fingerprint density at radius 2 is 1.78 bits per heavy atom. The van der Waals surface area contributed by atoms with Crippen LogP contribution in [0.2, 0.25) is 0 Å².